The molecule has 0 rings (SSSR count). The lowest BCUT2D eigenvalue weighted by Crippen LogP contribution is -2.52. The van der Waals surface area contributed by atoms with Gasteiger partial charge in [0.2, 0.25) is 0 Å². The van der Waals surface area contributed by atoms with Crippen molar-refractivity contribution >= 4 is 9.05 Å². The van der Waals surface area contributed by atoms with Crippen LogP contribution in [0.15, 0.2) is 0 Å². The van der Waals surface area contributed by atoms with E-state index in [2.05, 4.69) is 83.1 Å². The first-order valence-corrected chi connectivity index (χ1v) is 21.9. The zero-order valence-corrected chi connectivity index (χ0v) is 33.9. The fourth-order valence-electron chi connectivity index (χ4n) is 6.91. The first-order valence-electron chi connectivity index (χ1n) is 20.3. The van der Waals surface area contributed by atoms with Gasteiger partial charge in [-0.2, -0.15) is 0 Å². The molecule has 0 saturated carbocycles. The summed E-state index contributed by atoms with van der Waals surface area (Å²) in [6.45, 7) is 30.6. The average molecular weight is 657 g/mol. The number of rotatable bonds is 32. The van der Waals surface area contributed by atoms with Crippen LogP contribution >= 0.6 is 0 Å². The Kier molecular flexibility index (Phi) is 28.0. The van der Waals surface area contributed by atoms with Crippen molar-refractivity contribution in [2.24, 2.45) is 47.3 Å². The Labute approximate surface area is 285 Å². The maximum absolute atomic E-state index is 7.00. The van der Waals surface area contributed by atoms with E-state index in [0.717, 1.165) is 49.4 Å². The molecule has 45 heavy (non-hydrogen) atoms. The molecule has 0 aliphatic rings. The van der Waals surface area contributed by atoms with Gasteiger partial charge in [-0.1, -0.05) is 160 Å². The van der Waals surface area contributed by atoms with E-state index in [4.69, 9.17) is 17.7 Å². The van der Waals surface area contributed by atoms with E-state index in [1.165, 1.54) is 77.0 Å². The molecule has 0 bridgehead atoms. The lowest BCUT2D eigenvalue weighted by molar-refractivity contribution is -0.0636. The van der Waals surface area contributed by atoms with Crippen LogP contribution < -0.4 is 0 Å². The Morgan fingerprint density at radius 2 is 0.422 bits per heavy atom. The summed E-state index contributed by atoms with van der Waals surface area (Å²) in [6.07, 6.45) is 19.2. The van der Waals surface area contributed by atoms with Crippen LogP contribution in [-0.2, 0) is 17.7 Å². The van der Waals surface area contributed by atoms with Crippen molar-refractivity contribution in [2.45, 2.75) is 186 Å². The third-order valence-electron chi connectivity index (χ3n) is 11.6. The standard InChI is InChI=1S/C40H84O4Si/c1-13-33(14-2)25-37(21-9)29-41-45(42-30-38(22-10)26-34(15-3)16-4,43-31-39(23-11)27-35(17-5)18-6)44-32-40(24-12)28-36(19-7)20-8/h33-40H,13-32H2,1-12H3. The monoisotopic (exact) mass is 657 g/mol. The predicted octanol–water partition coefficient (Wildman–Crippen LogP) is 12.9. The second-order valence-corrected chi connectivity index (χ2v) is 16.7. The average Bonchev–Trinajstić information content (AvgIpc) is 3.08. The fourth-order valence-corrected chi connectivity index (χ4v) is 9.17. The maximum atomic E-state index is 7.00. The summed E-state index contributed by atoms with van der Waals surface area (Å²) in [5.41, 5.74) is 0. The smallest absolute Gasteiger partial charge is 0.351 e. The van der Waals surface area contributed by atoms with Gasteiger partial charge >= 0.3 is 9.05 Å². The molecule has 0 aromatic carbocycles. The highest BCUT2D eigenvalue weighted by Crippen LogP contribution is 2.30. The van der Waals surface area contributed by atoms with Gasteiger partial charge in [-0.25, -0.2) is 0 Å². The summed E-state index contributed by atoms with van der Waals surface area (Å²) in [4.78, 5) is 0. The Morgan fingerprint density at radius 3 is 0.556 bits per heavy atom. The molecular weight excluding hydrogens is 573 g/mol. The second kappa shape index (κ2) is 28.0. The SMILES string of the molecule is CCC(CC)CC(CC)CO[Si](OCC(CC)CC(CC)CC)(OCC(CC)CC(CC)CC)OCC(CC)CC(CC)CC. The molecule has 0 radical (unpaired) electrons. The van der Waals surface area contributed by atoms with Crippen molar-refractivity contribution < 1.29 is 17.7 Å². The van der Waals surface area contributed by atoms with E-state index in [0.29, 0.717) is 50.1 Å². The molecule has 4 atom stereocenters. The van der Waals surface area contributed by atoms with E-state index < -0.39 is 9.05 Å². The highest BCUT2D eigenvalue weighted by Gasteiger charge is 2.48. The summed E-state index contributed by atoms with van der Waals surface area (Å²) in [5.74, 6) is 4.99. The molecule has 5 heteroatoms. The van der Waals surface area contributed by atoms with E-state index >= 15 is 0 Å². The van der Waals surface area contributed by atoms with E-state index in [9.17, 15) is 0 Å². The zero-order valence-electron chi connectivity index (χ0n) is 32.9. The van der Waals surface area contributed by atoms with Gasteiger partial charge in [0.05, 0.1) is 0 Å². The highest BCUT2D eigenvalue weighted by molar-refractivity contribution is 6.53. The van der Waals surface area contributed by atoms with Gasteiger partial charge < -0.3 is 17.7 Å². The predicted molar refractivity (Wildman–Crippen MR) is 199 cm³/mol. The summed E-state index contributed by atoms with van der Waals surface area (Å²) in [5, 5.41) is 0. The highest BCUT2D eigenvalue weighted by atomic mass is 28.4. The van der Waals surface area contributed by atoms with E-state index in [1.54, 1.807) is 0 Å². The van der Waals surface area contributed by atoms with Crippen LogP contribution in [0.1, 0.15) is 186 Å². The van der Waals surface area contributed by atoms with Crippen molar-refractivity contribution in [3.63, 3.8) is 0 Å². The van der Waals surface area contributed by atoms with Crippen LogP contribution in [0.5, 0.6) is 0 Å². The van der Waals surface area contributed by atoms with Crippen LogP contribution in [-0.4, -0.2) is 35.5 Å². The largest absolute Gasteiger partial charge is 0.679 e. The Bertz CT molecular complexity index is 520. The Morgan fingerprint density at radius 1 is 0.267 bits per heavy atom. The Hall–Kier alpha value is 0.0569. The Balaban J connectivity index is 6.36. The molecule has 272 valence electrons. The minimum Gasteiger partial charge on any atom is -0.351 e. The zero-order chi connectivity index (χ0) is 34.1. The van der Waals surface area contributed by atoms with Crippen molar-refractivity contribution in [3.05, 3.63) is 0 Å². The minimum absolute atomic E-state index is 0.502. The summed E-state index contributed by atoms with van der Waals surface area (Å²) in [6, 6.07) is 0. The first kappa shape index (κ1) is 45.1. The normalized spacial score (nSPS) is 16.5. The van der Waals surface area contributed by atoms with Crippen LogP contribution in [0.2, 0.25) is 0 Å². The van der Waals surface area contributed by atoms with Crippen molar-refractivity contribution in [1.82, 2.24) is 0 Å². The van der Waals surface area contributed by atoms with Gasteiger partial charge in [0.1, 0.15) is 0 Å². The van der Waals surface area contributed by atoms with Crippen molar-refractivity contribution in [2.75, 3.05) is 26.4 Å². The molecule has 0 saturated heterocycles. The second-order valence-electron chi connectivity index (χ2n) is 14.5. The molecule has 0 heterocycles. The molecule has 4 unspecified atom stereocenters. The van der Waals surface area contributed by atoms with Gasteiger partial charge in [0, 0.05) is 26.4 Å². The van der Waals surface area contributed by atoms with Crippen LogP contribution in [0.4, 0.5) is 0 Å². The molecule has 0 aliphatic heterocycles. The van der Waals surface area contributed by atoms with E-state index in [1.807, 2.05) is 0 Å². The third kappa shape index (κ3) is 19.0. The quantitative estimate of drug-likeness (QED) is 0.0675. The third-order valence-corrected chi connectivity index (χ3v) is 13.7. The number of hydrogen-bond acceptors (Lipinski definition) is 4. The fraction of sp³-hybridized carbons (Fsp3) is 1.00. The minimum atomic E-state index is -3.40. The van der Waals surface area contributed by atoms with Crippen LogP contribution in [0, 0.1) is 47.3 Å². The maximum Gasteiger partial charge on any atom is 0.679 e. The molecule has 0 aromatic rings. The van der Waals surface area contributed by atoms with Gasteiger partial charge in [0.25, 0.3) is 0 Å². The first-order chi connectivity index (χ1) is 21.7. The molecular formula is C40H84O4Si. The molecule has 0 aliphatic carbocycles. The van der Waals surface area contributed by atoms with E-state index in [-0.39, 0.29) is 0 Å². The molecule has 0 aromatic heterocycles. The molecule has 4 nitrogen and oxygen atoms in total. The lowest BCUT2D eigenvalue weighted by atomic mass is 9.90. The van der Waals surface area contributed by atoms with Gasteiger partial charge in [-0.3, -0.25) is 0 Å². The topological polar surface area (TPSA) is 36.9 Å². The molecule has 0 fully saturated rings. The summed E-state index contributed by atoms with van der Waals surface area (Å²) in [7, 11) is -3.40. The summed E-state index contributed by atoms with van der Waals surface area (Å²) >= 11 is 0. The van der Waals surface area contributed by atoms with Crippen LogP contribution in [0.25, 0.3) is 0 Å². The van der Waals surface area contributed by atoms with Gasteiger partial charge in [-0.15, -0.1) is 0 Å². The van der Waals surface area contributed by atoms with Crippen molar-refractivity contribution in [3.8, 4) is 0 Å². The van der Waals surface area contributed by atoms with Crippen LogP contribution in [0.3, 0.4) is 0 Å². The summed E-state index contributed by atoms with van der Waals surface area (Å²) < 4.78 is 28.0. The molecule has 0 spiro atoms. The van der Waals surface area contributed by atoms with Gasteiger partial charge in [0.15, 0.2) is 0 Å². The lowest BCUT2D eigenvalue weighted by Gasteiger charge is -2.34. The van der Waals surface area contributed by atoms with Gasteiger partial charge in [-0.05, 0) is 73.0 Å². The van der Waals surface area contributed by atoms with Crippen molar-refractivity contribution in [1.29, 1.82) is 0 Å². The molecule has 0 amide bonds. The number of hydrogen-bond donors (Lipinski definition) is 0. The molecule has 0 N–H and O–H groups in total.